The van der Waals surface area contributed by atoms with Crippen molar-refractivity contribution in [3.8, 4) is 0 Å². The molecular weight excluding hydrogens is 231 g/mol. The normalized spacial score (nSPS) is 44.8. The van der Waals surface area contributed by atoms with Crippen LogP contribution in [0.3, 0.4) is 0 Å². The molecular formula is C10H18O2Se. The van der Waals surface area contributed by atoms with Gasteiger partial charge in [0.25, 0.3) is 0 Å². The van der Waals surface area contributed by atoms with Crippen LogP contribution in [0.5, 0.6) is 0 Å². The summed E-state index contributed by atoms with van der Waals surface area (Å²) in [5.74, 6) is 0. The van der Waals surface area contributed by atoms with Gasteiger partial charge in [0.05, 0.1) is 0 Å². The molecule has 3 heteroatoms. The minimum absolute atomic E-state index is 0.564. The molecule has 0 N–H and O–H groups in total. The molecule has 2 aliphatic rings. The van der Waals surface area contributed by atoms with Crippen LogP contribution < -0.4 is 0 Å². The number of methoxy groups -OCH3 is 2. The Morgan fingerprint density at radius 3 is 1.69 bits per heavy atom. The van der Waals surface area contributed by atoms with Crippen LogP contribution >= 0.6 is 0 Å². The van der Waals surface area contributed by atoms with E-state index in [0.29, 0.717) is 12.2 Å². The number of fused-ring (bicyclic) bond motifs is 2. The van der Waals surface area contributed by atoms with Crippen molar-refractivity contribution in [2.24, 2.45) is 0 Å². The SMILES string of the molecule is CO[C@@H]1CCC2[Se]C1CC[C@H]2OC. The zero-order chi connectivity index (χ0) is 9.26. The second-order valence-electron chi connectivity index (χ2n) is 3.92. The Labute approximate surface area is 86.5 Å². The van der Waals surface area contributed by atoms with E-state index >= 15 is 0 Å². The van der Waals surface area contributed by atoms with E-state index in [2.05, 4.69) is 0 Å². The molecule has 0 spiro atoms. The van der Waals surface area contributed by atoms with E-state index in [-0.39, 0.29) is 0 Å². The molecule has 76 valence electrons. The van der Waals surface area contributed by atoms with Crippen LogP contribution in [0.1, 0.15) is 25.7 Å². The molecule has 2 fully saturated rings. The van der Waals surface area contributed by atoms with Crippen molar-refractivity contribution in [1.82, 2.24) is 0 Å². The van der Waals surface area contributed by atoms with Crippen molar-refractivity contribution in [3.05, 3.63) is 0 Å². The fourth-order valence-corrected chi connectivity index (χ4v) is 6.33. The summed E-state index contributed by atoms with van der Waals surface area (Å²) < 4.78 is 11.0. The fourth-order valence-electron chi connectivity index (χ4n) is 2.48. The van der Waals surface area contributed by atoms with Gasteiger partial charge in [0, 0.05) is 0 Å². The summed E-state index contributed by atoms with van der Waals surface area (Å²) in [4.78, 5) is 1.75. The van der Waals surface area contributed by atoms with E-state index in [1.807, 2.05) is 14.2 Å². The van der Waals surface area contributed by atoms with Gasteiger partial charge in [0.1, 0.15) is 0 Å². The molecule has 2 nitrogen and oxygen atoms in total. The summed E-state index contributed by atoms with van der Waals surface area (Å²) in [6, 6.07) is 0. The number of ether oxygens (including phenoxy) is 2. The molecule has 0 amide bonds. The van der Waals surface area contributed by atoms with Crippen molar-refractivity contribution in [1.29, 1.82) is 0 Å². The fraction of sp³-hybridized carbons (Fsp3) is 1.00. The molecule has 4 atom stereocenters. The van der Waals surface area contributed by atoms with Crippen molar-refractivity contribution < 1.29 is 9.47 Å². The minimum atomic E-state index is 0.564. The first-order chi connectivity index (χ1) is 6.35. The van der Waals surface area contributed by atoms with E-state index in [1.54, 1.807) is 0 Å². The predicted octanol–water partition coefficient (Wildman–Crippen LogP) is 1.89. The van der Waals surface area contributed by atoms with Gasteiger partial charge in [0.15, 0.2) is 0 Å². The van der Waals surface area contributed by atoms with E-state index in [9.17, 15) is 0 Å². The third-order valence-electron chi connectivity index (χ3n) is 3.26. The first kappa shape index (κ1) is 9.97. The molecule has 2 bridgehead atoms. The van der Waals surface area contributed by atoms with Gasteiger partial charge in [-0.3, -0.25) is 0 Å². The molecule has 2 rings (SSSR count). The Bertz CT molecular complexity index is 156. The summed E-state index contributed by atoms with van der Waals surface area (Å²) in [7, 11) is 3.73. The topological polar surface area (TPSA) is 18.5 Å². The van der Waals surface area contributed by atoms with E-state index < -0.39 is 0 Å². The van der Waals surface area contributed by atoms with Gasteiger partial charge in [-0.2, -0.15) is 0 Å². The number of rotatable bonds is 2. The third-order valence-corrected chi connectivity index (χ3v) is 6.99. The van der Waals surface area contributed by atoms with E-state index in [4.69, 9.17) is 9.47 Å². The third kappa shape index (κ3) is 1.94. The van der Waals surface area contributed by atoms with E-state index in [1.165, 1.54) is 25.7 Å². The Morgan fingerprint density at radius 2 is 1.31 bits per heavy atom. The zero-order valence-electron chi connectivity index (χ0n) is 8.36. The molecule has 2 heterocycles. The van der Waals surface area contributed by atoms with Crippen LogP contribution in [0.15, 0.2) is 0 Å². The molecule has 0 aromatic rings. The van der Waals surface area contributed by atoms with Gasteiger partial charge >= 0.3 is 86.2 Å². The average molecular weight is 249 g/mol. The Hall–Kier alpha value is 0.439. The van der Waals surface area contributed by atoms with Crippen molar-refractivity contribution >= 4 is 15.0 Å². The summed E-state index contributed by atoms with van der Waals surface area (Å²) in [6.07, 6.45) is 6.30. The standard InChI is InChI=1S/C10H18O2Se/c1-11-7-3-5-10-8(12-2)4-6-9(7)13-10/h7-10H,3-6H2,1-2H3/t7-,8-,9?,10?/m1/s1. The molecule has 0 aliphatic carbocycles. The molecule has 0 aromatic heterocycles. The van der Waals surface area contributed by atoms with Crippen molar-refractivity contribution in [3.63, 3.8) is 0 Å². The molecule has 0 aromatic carbocycles. The Balaban J connectivity index is 1.96. The summed E-state index contributed by atoms with van der Waals surface area (Å²) >= 11 is 0.762. The molecule has 2 unspecified atom stereocenters. The number of hydrogen-bond acceptors (Lipinski definition) is 2. The van der Waals surface area contributed by atoms with Crippen LogP contribution in [0.2, 0.25) is 9.63 Å². The second-order valence-corrected chi connectivity index (χ2v) is 7.03. The second kappa shape index (κ2) is 4.31. The van der Waals surface area contributed by atoms with Gasteiger partial charge in [-0.05, 0) is 0 Å². The van der Waals surface area contributed by atoms with Crippen LogP contribution in [0.25, 0.3) is 0 Å². The van der Waals surface area contributed by atoms with Crippen molar-refractivity contribution in [2.75, 3.05) is 14.2 Å². The maximum atomic E-state index is 5.52. The van der Waals surface area contributed by atoms with Crippen LogP contribution in [0.4, 0.5) is 0 Å². The Morgan fingerprint density at radius 1 is 0.846 bits per heavy atom. The molecule has 0 radical (unpaired) electrons. The molecule has 13 heavy (non-hydrogen) atoms. The predicted molar refractivity (Wildman–Crippen MR) is 53.3 cm³/mol. The molecule has 2 saturated heterocycles. The van der Waals surface area contributed by atoms with Crippen LogP contribution in [-0.2, 0) is 9.47 Å². The average Bonchev–Trinajstić information content (AvgIpc) is 2.19. The number of hydrogen-bond donors (Lipinski definition) is 0. The van der Waals surface area contributed by atoms with Gasteiger partial charge < -0.3 is 0 Å². The molecule has 2 aliphatic heterocycles. The maximum absolute atomic E-state index is 5.52. The van der Waals surface area contributed by atoms with Crippen molar-refractivity contribution in [2.45, 2.75) is 47.5 Å². The first-order valence-electron chi connectivity index (χ1n) is 5.06. The summed E-state index contributed by atoms with van der Waals surface area (Å²) in [5.41, 5.74) is 0. The van der Waals surface area contributed by atoms with Gasteiger partial charge in [0.2, 0.25) is 0 Å². The van der Waals surface area contributed by atoms with Gasteiger partial charge in [-0.15, -0.1) is 0 Å². The summed E-state index contributed by atoms with van der Waals surface area (Å²) in [5, 5.41) is 0. The Kier molecular flexibility index (Phi) is 3.31. The van der Waals surface area contributed by atoms with Gasteiger partial charge in [-0.1, -0.05) is 0 Å². The summed E-state index contributed by atoms with van der Waals surface area (Å²) in [6.45, 7) is 0. The van der Waals surface area contributed by atoms with Crippen LogP contribution in [0, 0.1) is 0 Å². The monoisotopic (exact) mass is 250 g/mol. The van der Waals surface area contributed by atoms with Gasteiger partial charge in [-0.25, -0.2) is 0 Å². The first-order valence-corrected chi connectivity index (χ1v) is 7.04. The van der Waals surface area contributed by atoms with Crippen LogP contribution in [-0.4, -0.2) is 41.4 Å². The molecule has 0 saturated carbocycles. The zero-order valence-corrected chi connectivity index (χ0v) is 10.1. The van der Waals surface area contributed by atoms with E-state index in [0.717, 1.165) is 24.6 Å². The quantitative estimate of drug-likeness (QED) is 0.696.